The fraction of sp³-hybridized carbons (Fsp3) is 0.667. The zero-order valence-corrected chi connectivity index (χ0v) is 13.9. The van der Waals surface area contributed by atoms with Crippen molar-refractivity contribution in [1.29, 1.82) is 0 Å². The van der Waals surface area contributed by atoms with Gasteiger partial charge in [-0.1, -0.05) is 31.0 Å². The first-order valence-corrected chi connectivity index (χ1v) is 9.54. The Hall–Kier alpha value is -0.470. The van der Waals surface area contributed by atoms with Crippen molar-refractivity contribution in [3.05, 3.63) is 34.9 Å². The molecule has 0 heterocycles. The van der Waals surface area contributed by atoms with Crippen molar-refractivity contribution < 1.29 is 0 Å². The number of fused-ring (bicyclic) bond motifs is 1. The molecule has 0 spiro atoms. The van der Waals surface area contributed by atoms with Crippen molar-refractivity contribution in [2.45, 2.75) is 57.9 Å². The summed E-state index contributed by atoms with van der Waals surface area (Å²) >= 11 is 1.96. The lowest BCUT2D eigenvalue weighted by atomic mass is 10.0. The molecule has 1 aromatic rings. The van der Waals surface area contributed by atoms with Gasteiger partial charge in [0.1, 0.15) is 0 Å². The maximum absolute atomic E-state index is 3.68. The van der Waals surface area contributed by atoms with E-state index in [0.29, 0.717) is 6.04 Å². The third kappa shape index (κ3) is 4.82. The zero-order valence-electron chi connectivity index (χ0n) is 13.1. The van der Waals surface area contributed by atoms with Crippen LogP contribution in [0.2, 0.25) is 0 Å². The van der Waals surface area contributed by atoms with Gasteiger partial charge in [-0.3, -0.25) is 0 Å². The van der Waals surface area contributed by atoms with Crippen LogP contribution in [0, 0.1) is 0 Å². The monoisotopic (exact) mass is 291 g/mol. The Morgan fingerprint density at radius 3 is 2.75 bits per heavy atom. The smallest absolute Gasteiger partial charge is 0.0291 e. The molecule has 0 saturated heterocycles. The Bertz CT molecular complexity index is 402. The highest BCUT2D eigenvalue weighted by molar-refractivity contribution is 7.98. The van der Waals surface area contributed by atoms with E-state index in [4.69, 9.17) is 0 Å². The lowest BCUT2D eigenvalue weighted by Crippen LogP contribution is -2.20. The van der Waals surface area contributed by atoms with Gasteiger partial charge in [0, 0.05) is 6.04 Å². The number of hydrogen-bond donors (Lipinski definition) is 1. The van der Waals surface area contributed by atoms with E-state index in [1.807, 2.05) is 11.8 Å². The van der Waals surface area contributed by atoms with Crippen molar-refractivity contribution >= 4 is 11.8 Å². The van der Waals surface area contributed by atoms with E-state index < -0.39 is 0 Å². The second-order valence-electron chi connectivity index (χ2n) is 5.96. The molecule has 2 heteroatoms. The molecule has 0 amide bonds. The molecule has 1 aliphatic carbocycles. The summed E-state index contributed by atoms with van der Waals surface area (Å²) < 4.78 is 0. The van der Waals surface area contributed by atoms with E-state index in [1.165, 1.54) is 56.3 Å². The second kappa shape index (κ2) is 8.74. The molecular weight excluding hydrogens is 262 g/mol. The second-order valence-corrected chi connectivity index (χ2v) is 6.95. The van der Waals surface area contributed by atoms with E-state index >= 15 is 0 Å². The van der Waals surface area contributed by atoms with E-state index in [0.717, 1.165) is 6.54 Å². The first-order valence-electron chi connectivity index (χ1n) is 8.15. The SMILES string of the molecule is CSCCCCCCNC(C)c1ccc2c(c1)CCC2. The Morgan fingerprint density at radius 1 is 1.10 bits per heavy atom. The minimum absolute atomic E-state index is 0.493. The first kappa shape index (κ1) is 15.9. The summed E-state index contributed by atoms with van der Waals surface area (Å²) in [6, 6.07) is 7.59. The molecule has 0 bridgehead atoms. The van der Waals surface area contributed by atoms with Crippen molar-refractivity contribution in [2.24, 2.45) is 0 Å². The zero-order chi connectivity index (χ0) is 14.2. The molecule has 0 fully saturated rings. The molecule has 0 aromatic heterocycles. The Kier molecular flexibility index (Phi) is 6.95. The molecule has 20 heavy (non-hydrogen) atoms. The van der Waals surface area contributed by atoms with Crippen LogP contribution in [0.3, 0.4) is 0 Å². The van der Waals surface area contributed by atoms with Crippen LogP contribution in [0.25, 0.3) is 0 Å². The minimum Gasteiger partial charge on any atom is -0.310 e. The molecule has 1 nitrogen and oxygen atoms in total. The van der Waals surface area contributed by atoms with E-state index in [1.54, 1.807) is 11.1 Å². The fourth-order valence-corrected chi connectivity index (χ4v) is 3.52. The van der Waals surface area contributed by atoms with Crippen molar-refractivity contribution in [1.82, 2.24) is 5.32 Å². The van der Waals surface area contributed by atoms with Crippen molar-refractivity contribution in [3.63, 3.8) is 0 Å². The summed E-state index contributed by atoms with van der Waals surface area (Å²) in [5, 5.41) is 3.68. The number of hydrogen-bond acceptors (Lipinski definition) is 2. The van der Waals surface area contributed by atoms with Crippen LogP contribution < -0.4 is 5.32 Å². The number of benzene rings is 1. The third-order valence-corrected chi connectivity index (χ3v) is 5.05. The van der Waals surface area contributed by atoms with Crippen LogP contribution in [-0.4, -0.2) is 18.6 Å². The van der Waals surface area contributed by atoms with Crippen LogP contribution in [0.4, 0.5) is 0 Å². The summed E-state index contributed by atoms with van der Waals surface area (Å²) in [5.74, 6) is 1.32. The maximum Gasteiger partial charge on any atom is 0.0291 e. The van der Waals surface area contributed by atoms with Crippen LogP contribution in [-0.2, 0) is 12.8 Å². The van der Waals surface area contributed by atoms with E-state index in [-0.39, 0.29) is 0 Å². The number of aryl methyl sites for hydroxylation is 2. The number of unbranched alkanes of at least 4 members (excludes halogenated alkanes) is 3. The standard InChI is InChI=1S/C18H29NS/c1-15(19-12-5-3-4-6-13-20-2)17-11-10-16-8-7-9-18(16)14-17/h10-11,14-15,19H,3-9,12-13H2,1-2H3. The molecule has 2 rings (SSSR count). The number of rotatable bonds is 9. The lowest BCUT2D eigenvalue weighted by Gasteiger charge is -2.15. The van der Waals surface area contributed by atoms with Crippen molar-refractivity contribution in [2.75, 3.05) is 18.6 Å². The fourth-order valence-electron chi connectivity index (χ4n) is 3.02. The maximum atomic E-state index is 3.68. The highest BCUT2D eigenvalue weighted by atomic mass is 32.2. The molecule has 1 aliphatic rings. The number of thioether (sulfide) groups is 1. The number of nitrogens with one attached hydrogen (secondary N) is 1. The topological polar surface area (TPSA) is 12.0 Å². The van der Waals surface area contributed by atoms with Gasteiger partial charge >= 0.3 is 0 Å². The molecule has 1 N–H and O–H groups in total. The van der Waals surface area contributed by atoms with Gasteiger partial charge in [0.25, 0.3) is 0 Å². The van der Waals surface area contributed by atoms with Gasteiger partial charge in [-0.05, 0) is 74.3 Å². The van der Waals surface area contributed by atoms with Crippen LogP contribution in [0.5, 0.6) is 0 Å². The lowest BCUT2D eigenvalue weighted by molar-refractivity contribution is 0.537. The van der Waals surface area contributed by atoms with Crippen molar-refractivity contribution in [3.8, 4) is 0 Å². The molecule has 0 aliphatic heterocycles. The predicted octanol–water partition coefficient (Wildman–Crippen LogP) is 4.75. The summed E-state index contributed by atoms with van der Waals surface area (Å²) in [4.78, 5) is 0. The van der Waals surface area contributed by atoms with Crippen LogP contribution >= 0.6 is 11.8 Å². The Labute approximate surface area is 128 Å². The average molecular weight is 292 g/mol. The predicted molar refractivity (Wildman–Crippen MR) is 91.7 cm³/mol. The molecule has 0 saturated carbocycles. The van der Waals surface area contributed by atoms with Gasteiger partial charge in [0.15, 0.2) is 0 Å². The van der Waals surface area contributed by atoms with E-state index in [2.05, 4.69) is 36.7 Å². The minimum atomic E-state index is 0.493. The molecule has 1 atom stereocenters. The van der Waals surface area contributed by atoms with Gasteiger partial charge < -0.3 is 5.32 Å². The third-order valence-electron chi connectivity index (χ3n) is 4.35. The molecule has 1 unspecified atom stereocenters. The highest BCUT2D eigenvalue weighted by Crippen LogP contribution is 2.25. The molecule has 112 valence electrons. The molecule has 1 aromatic carbocycles. The van der Waals surface area contributed by atoms with Crippen LogP contribution in [0.1, 0.15) is 61.8 Å². The normalized spacial score (nSPS) is 15.3. The molecular formula is C18H29NS. The van der Waals surface area contributed by atoms with Crippen LogP contribution in [0.15, 0.2) is 18.2 Å². The average Bonchev–Trinajstić information content (AvgIpc) is 2.93. The summed E-state index contributed by atoms with van der Waals surface area (Å²) in [7, 11) is 0. The van der Waals surface area contributed by atoms with Gasteiger partial charge in [0.2, 0.25) is 0 Å². The summed E-state index contributed by atoms with van der Waals surface area (Å²) in [6.45, 7) is 3.45. The Morgan fingerprint density at radius 2 is 1.90 bits per heavy atom. The van der Waals surface area contributed by atoms with Gasteiger partial charge in [0.05, 0.1) is 0 Å². The largest absolute Gasteiger partial charge is 0.310 e. The highest BCUT2D eigenvalue weighted by Gasteiger charge is 2.12. The first-order chi connectivity index (χ1) is 9.81. The quantitative estimate of drug-likeness (QED) is 0.659. The summed E-state index contributed by atoms with van der Waals surface area (Å²) in [6.07, 6.45) is 11.5. The van der Waals surface area contributed by atoms with Gasteiger partial charge in [-0.25, -0.2) is 0 Å². The summed E-state index contributed by atoms with van der Waals surface area (Å²) in [5.41, 5.74) is 4.64. The van der Waals surface area contributed by atoms with E-state index in [9.17, 15) is 0 Å². The van der Waals surface area contributed by atoms with Gasteiger partial charge in [-0.15, -0.1) is 0 Å². The Balaban J connectivity index is 1.66. The van der Waals surface area contributed by atoms with Gasteiger partial charge in [-0.2, -0.15) is 11.8 Å². The molecule has 0 radical (unpaired) electrons.